The average molecular weight is 540 g/mol. The molecule has 1 saturated carbocycles. The number of hydrogen-bond donors (Lipinski definition) is 5. The number of carbonyl (C=O) groups is 3. The number of likely N-dealkylation sites (tertiary alicyclic amines) is 1. The molecule has 39 heavy (non-hydrogen) atoms. The fourth-order valence-electron chi connectivity index (χ4n) is 7.52. The van der Waals surface area contributed by atoms with Crippen LogP contribution in [0.4, 0.5) is 0 Å². The van der Waals surface area contributed by atoms with E-state index in [-0.39, 0.29) is 23.3 Å². The van der Waals surface area contributed by atoms with Crippen molar-refractivity contribution in [2.24, 2.45) is 11.3 Å². The van der Waals surface area contributed by atoms with E-state index in [1.54, 1.807) is 32.1 Å². The molecule has 0 amide bonds. The molecule has 2 fully saturated rings. The van der Waals surface area contributed by atoms with E-state index < -0.39 is 57.4 Å². The summed E-state index contributed by atoms with van der Waals surface area (Å²) in [5.41, 5.74) is -2.56. The third kappa shape index (κ3) is 3.88. The normalized spacial score (nSPS) is 31.0. The van der Waals surface area contributed by atoms with E-state index in [1.165, 1.54) is 6.07 Å². The molecule has 4 aliphatic rings. The lowest BCUT2D eigenvalue weighted by Crippen LogP contribution is -2.68. The van der Waals surface area contributed by atoms with Crippen LogP contribution in [0.25, 0.3) is 5.76 Å². The molecule has 1 aromatic rings. The van der Waals surface area contributed by atoms with Crippen molar-refractivity contribution in [2.45, 2.75) is 50.8 Å². The van der Waals surface area contributed by atoms with Crippen molar-refractivity contribution in [3.8, 4) is 5.75 Å². The standard InChI is InChI=1S/C29H37N3O7/c1-15(33)20-25(36)23(31(3)4)18-12-28(14-32-9-5-6-10-32)11-17-16(13-30-2)7-8-19(34)21(17)24(35)22(28)27(38)29(18,39)26(20)37/h7-8,18,23,30,34-35,37,39H,5-6,9-14H2,1-4H3/t18-,23-,28-,29+/m0/s1. The lowest BCUT2D eigenvalue weighted by molar-refractivity contribution is -0.157. The molecule has 0 unspecified atom stereocenters. The number of aliphatic hydroxyl groups excluding tert-OH is 2. The molecule has 0 bridgehead atoms. The minimum absolute atomic E-state index is 0.0705. The Morgan fingerprint density at radius 1 is 1.15 bits per heavy atom. The van der Waals surface area contributed by atoms with Gasteiger partial charge < -0.3 is 30.6 Å². The van der Waals surface area contributed by atoms with Gasteiger partial charge in [0.05, 0.1) is 11.6 Å². The van der Waals surface area contributed by atoms with Crippen molar-refractivity contribution in [3.05, 3.63) is 45.7 Å². The monoisotopic (exact) mass is 539 g/mol. The number of nitrogens with one attached hydrogen (secondary N) is 1. The summed E-state index contributed by atoms with van der Waals surface area (Å²) in [5.74, 6) is -4.97. The largest absolute Gasteiger partial charge is 0.508 e. The molecular weight excluding hydrogens is 502 g/mol. The highest BCUT2D eigenvalue weighted by Crippen LogP contribution is 2.58. The number of likely N-dealkylation sites (N-methyl/N-ethyl adjacent to an activating group) is 1. The van der Waals surface area contributed by atoms with Crippen molar-refractivity contribution in [2.75, 3.05) is 40.8 Å². The Hall–Kier alpha value is -3.05. The van der Waals surface area contributed by atoms with E-state index in [2.05, 4.69) is 10.2 Å². The van der Waals surface area contributed by atoms with Gasteiger partial charge in [0.1, 0.15) is 22.8 Å². The first-order chi connectivity index (χ1) is 18.4. The zero-order valence-corrected chi connectivity index (χ0v) is 22.9. The van der Waals surface area contributed by atoms with Crippen LogP contribution in [0.3, 0.4) is 0 Å². The number of nitrogens with zero attached hydrogens (tertiary/aromatic N) is 2. The smallest absolute Gasteiger partial charge is 0.202 e. The molecule has 4 atom stereocenters. The molecule has 1 aromatic carbocycles. The van der Waals surface area contributed by atoms with Gasteiger partial charge >= 0.3 is 0 Å². The Bertz CT molecular complexity index is 1330. The molecular formula is C29H37N3O7. The van der Waals surface area contributed by atoms with E-state index in [9.17, 15) is 34.8 Å². The van der Waals surface area contributed by atoms with Crippen LogP contribution < -0.4 is 5.32 Å². The average Bonchev–Trinajstić information content (AvgIpc) is 3.35. The molecule has 0 aromatic heterocycles. The van der Waals surface area contributed by atoms with Crippen molar-refractivity contribution in [3.63, 3.8) is 0 Å². The van der Waals surface area contributed by atoms with Crippen LogP contribution in [0.1, 0.15) is 42.9 Å². The summed E-state index contributed by atoms with van der Waals surface area (Å²) in [7, 11) is 5.08. The summed E-state index contributed by atoms with van der Waals surface area (Å²) < 4.78 is 0. The Morgan fingerprint density at radius 3 is 2.41 bits per heavy atom. The number of benzene rings is 1. The molecule has 0 spiro atoms. The first-order valence-electron chi connectivity index (χ1n) is 13.5. The van der Waals surface area contributed by atoms with Gasteiger partial charge in [-0.3, -0.25) is 19.3 Å². The van der Waals surface area contributed by atoms with E-state index in [0.717, 1.165) is 38.4 Å². The summed E-state index contributed by atoms with van der Waals surface area (Å²) >= 11 is 0. The zero-order chi connectivity index (χ0) is 28.4. The van der Waals surface area contributed by atoms with Gasteiger partial charge in [0, 0.05) is 30.0 Å². The lowest BCUT2D eigenvalue weighted by atomic mass is 9.51. The van der Waals surface area contributed by atoms with Crippen molar-refractivity contribution in [1.29, 1.82) is 0 Å². The Morgan fingerprint density at radius 2 is 1.82 bits per heavy atom. The number of aliphatic hydroxyl groups is 3. The van der Waals surface area contributed by atoms with Crippen LogP contribution in [-0.4, -0.2) is 100.0 Å². The minimum Gasteiger partial charge on any atom is -0.508 e. The second-order valence-electron chi connectivity index (χ2n) is 11.8. The number of hydrogen-bond acceptors (Lipinski definition) is 10. The third-order valence-electron chi connectivity index (χ3n) is 9.12. The Labute approximate surface area is 227 Å². The fourth-order valence-corrected chi connectivity index (χ4v) is 7.52. The predicted molar refractivity (Wildman–Crippen MR) is 143 cm³/mol. The molecule has 10 heteroatoms. The molecule has 10 nitrogen and oxygen atoms in total. The van der Waals surface area contributed by atoms with Crippen LogP contribution in [0.15, 0.2) is 29.0 Å². The number of phenols is 1. The SMILES string of the molecule is CNCc1ccc(O)c2c1C[C@@]1(CN3CCCC3)C[C@H]3[C@H](N(C)C)C(=O)C(C(C)=O)=C(O)[C@@]3(O)C(=O)C1=C2O. The second-order valence-corrected chi connectivity index (χ2v) is 11.8. The number of ketones is 3. The van der Waals surface area contributed by atoms with Crippen molar-refractivity contribution in [1.82, 2.24) is 15.1 Å². The third-order valence-corrected chi connectivity index (χ3v) is 9.12. The number of rotatable bonds is 6. The Kier molecular flexibility index (Phi) is 6.74. The Balaban J connectivity index is 1.81. The molecule has 3 aliphatic carbocycles. The van der Waals surface area contributed by atoms with E-state index in [0.29, 0.717) is 25.1 Å². The topological polar surface area (TPSA) is 151 Å². The van der Waals surface area contributed by atoms with Crippen LogP contribution >= 0.6 is 0 Å². The highest BCUT2D eigenvalue weighted by atomic mass is 16.3. The second kappa shape index (κ2) is 9.55. The maximum atomic E-state index is 14.5. The summed E-state index contributed by atoms with van der Waals surface area (Å²) in [5, 5.41) is 49.0. The minimum atomic E-state index is -2.59. The van der Waals surface area contributed by atoms with E-state index in [1.807, 2.05) is 0 Å². The quantitative estimate of drug-likeness (QED) is 0.334. The number of phenolic OH excluding ortho intramolecular Hbond substituents is 1. The summed E-state index contributed by atoms with van der Waals surface area (Å²) in [6, 6.07) is 2.21. The fraction of sp³-hybridized carbons (Fsp3) is 0.552. The van der Waals surface area contributed by atoms with Gasteiger partial charge in [-0.15, -0.1) is 0 Å². The molecule has 5 N–H and O–H groups in total. The van der Waals surface area contributed by atoms with Gasteiger partial charge in [-0.2, -0.15) is 0 Å². The lowest BCUT2D eigenvalue weighted by Gasteiger charge is -2.55. The molecule has 1 aliphatic heterocycles. The summed E-state index contributed by atoms with van der Waals surface area (Å²) in [4.78, 5) is 44.3. The van der Waals surface area contributed by atoms with Gasteiger partial charge in [0.15, 0.2) is 17.2 Å². The predicted octanol–water partition coefficient (Wildman–Crippen LogP) is 1.25. The molecule has 1 saturated heterocycles. The molecule has 5 rings (SSSR count). The van der Waals surface area contributed by atoms with E-state index in [4.69, 9.17) is 0 Å². The number of aromatic hydroxyl groups is 1. The number of Topliss-reactive ketones (excluding diaryl/α,β-unsaturated/α-hetero) is 3. The van der Waals surface area contributed by atoms with Gasteiger partial charge in [-0.25, -0.2) is 0 Å². The maximum absolute atomic E-state index is 14.5. The van der Waals surface area contributed by atoms with Crippen LogP contribution in [0.2, 0.25) is 0 Å². The molecule has 0 radical (unpaired) electrons. The van der Waals surface area contributed by atoms with Gasteiger partial charge in [-0.1, -0.05) is 6.07 Å². The van der Waals surface area contributed by atoms with Crippen LogP contribution in [-0.2, 0) is 27.3 Å². The summed E-state index contributed by atoms with van der Waals surface area (Å²) in [6.07, 6.45) is 2.38. The maximum Gasteiger partial charge on any atom is 0.202 e. The van der Waals surface area contributed by atoms with Gasteiger partial charge in [-0.05, 0) is 84.0 Å². The van der Waals surface area contributed by atoms with E-state index >= 15 is 0 Å². The number of carbonyl (C=O) groups excluding carboxylic acids is 3. The first-order valence-corrected chi connectivity index (χ1v) is 13.5. The first kappa shape index (κ1) is 27.5. The molecule has 210 valence electrons. The van der Waals surface area contributed by atoms with Crippen LogP contribution in [0, 0.1) is 11.3 Å². The van der Waals surface area contributed by atoms with Crippen molar-refractivity contribution >= 4 is 23.1 Å². The molecule has 1 heterocycles. The van der Waals surface area contributed by atoms with Crippen LogP contribution in [0.5, 0.6) is 5.75 Å². The number of fused-ring (bicyclic) bond motifs is 3. The van der Waals surface area contributed by atoms with Gasteiger partial charge in [0.2, 0.25) is 5.78 Å². The zero-order valence-electron chi connectivity index (χ0n) is 22.9. The highest BCUT2D eigenvalue weighted by Gasteiger charge is 2.67. The van der Waals surface area contributed by atoms with Gasteiger partial charge in [0.25, 0.3) is 0 Å². The summed E-state index contributed by atoms with van der Waals surface area (Å²) in [6.45, 7) is 3.60. The highest BCUT2D eigenvalue weighted by molar-refractivity contribution is 6.25. The van der Waals surface area contributed by atoms with Crippen molar-refractivity contribution < 1.29 is 34.8 Å².